The molecule has 3 unspecified atom stereocenters. The minimum atomic E-state index is 0.298. The number of rotatable bonds is 5. The second-order valence-electron chi connectivity index (χ2n) is 5.38. The maximum absolute atomic E-state index is 5.78. The molecule has 1 heterocycles. The van der Waals surface area contributed by atoms with Crippen LogP contribution in [0.4, 0.5) is 0 Å². The highest BCUT2D eigenvalue weighted by Gasteiger charge is 2.31. The fourth-order valence-corrected chi connectivity index (χ4v) is 2.93. The van der Waals surface area contributed by atoms with Crippen molar-refractivity contribution in [1.29, 1.82) is 0 Å². The van der Waals surface area contributed by atoms with Gasteiger partial charge in [0.2, 0.25) is 0 Å². The maximum atomic E-state index is 5.78. The molecule has 1 aromatic carbocycles. The number of aryl methyl sites for hydroxylation is 1. The number of hydrogen-bond donors (Lipinski definition) is 1. The molecule has 1 aliphatic heterocycles. The molecule has 3 nitrogen and oxygen atoms in total. The van der Waals surface area contributed by atoms with Crippen LogP contribution in [0.25, 0.3) is 0 Å². The van der Waals surface area contributed by atoms with Gasteiger partial charge in [-0.1, -0.05) is 17.7 Å². The first kappa shape index (κ1) is 14.4. The molecule has 2 rings (SSSR count). The average molecular weight is 263 g/mol. The maximum Gasteiger partial charge on any atom is 0.124 e. The second kappa shape index (κ2) is 6.40. The second-order valence-corrected chi connectivity index (χ2v) is 5.38. The largest absolute Gasteiger partial charge is 0.494 e. The van der Waals surface area contributed by atoms with Crippen LogP contribution in [0.2, 0.25) is 0 Å². The van der Waals surface area contributed by atoms with Crippen LogP contribution < -0.4 is 10.1 Å². The highest BCUT2D eigenvalue weighted by atomic mass is 16.5. The minimum Gasteiger partial charge on any atom is -0.494 e. The summed E-state index contributed by atoms with van der Waals surface area (Å²) >= 11 is 0. The van der Waals surface area contributed by atoms with Gasteiger partial charge >= 0.3 is 0 Å². The Balaban J connectivity index is 2.28. The van der Waals surface area contributed by atoms with Gasteiger partial charge in [0.05, 0.1) is 19.3 Å². The Kier molecular flexibility index (Phi) is 4.83. The van der Waals surface area contributed by atoms with Gasteiger partial charge in [0.25, 0.3) is 0 Å². The normalized spacial score (nSPS) is 24.4. The fourth-order valence-electron chi connectivity index (χ4n) is 2.93. The van der Waals surface area contributed by atoms with E-state index in [1.165, 1.54) is 11.1 Å². The topological polar surface area (TPSA) is 30.5 Å². The molecule has 0 aliphatic carbocycles. The fraction of sp³-hybridized carbons (Fsp3) is 0.625. The zero-order valence-corrected chi connectivity index (χ0v) is 12.4. The lowest BCUT2D eigenvalue weighted by Crippen LogP contribution is -2.26. The van der Waals surface area contributed by atoms with Crippen LogP contribution in [0.15, 0.2) is 18.2 Å². The van der Waals surface area contributed by atoms with E-state index in [4.69, 9.17) is 9.47 Å². The van der Waals surface area contributed by atoms with Crippen molar-refractivity contribution in [2.24, 2.45) is 5.92 Å². The molecule has 0 saturated carbocycles. The highest BCUT2D eigenvalue weighted by Crippen LogP contribution is 2.36. The van der Waals surface area contributed by atoms with Crippen molar-refractivity contribution in [2.45, 2.75) is 39.3 Å². The molecule has 0 bridgehead atoms. The molecule has 1 aromatic rings. The monoisotopic (exact) mass is 263 g/mol. The molecular formula is C16H25NO2. The van der Waals surface area contributed by atoms with Crippen LogP contribution in [0.5, 0.6) is 5.75 Å². The predicted octanol–water partition coefficient (Wildman–Crippen LogP) is 3.08. The zero-order valence-electron chi connectivity index (χ0n) is 12.4. The molecule has 0 spiro atoms. The summed E-state index contributed by atoms with van der Waals surface area (Å²) in [5.74, 6) is 1.51. The third kappa shape index (κ3) is 3.28. The van der Waals surface area contributed by atoms with Crippen molar-refractivity contribution in [2.75, 3.05) is 20.3 Å². The van der Waals surface area contributed by atoms with E-state index in [0.29, 0.717) is 24.7 Å². The Hall–Kier alpha value is -1.06. The molecule has 106 valence electrons. The molecule has 1 aliphatic rings. The first-order valence-electron chi connectivity index (χ1n) is 7.18. The predicted molar refractivity (Wildman–Crippen MR) is 77.7 cm³/mol. The van der Waals surface area contributed by atoms with Crippen LogP contribution in [0.3, 0.4) is 0 Å². The molecular weight excluding hydrogens is 238 g/mol. The van der Waals surface area contributed by atoms with Crippen molar-refractivity contribution in [3.05, 3.63) is 29.3 Å². The van der Waals surface area contributed by atoms with Gasteiger partial charge in [-0.15, -0.1) is 0 Å². The van der Waals surface area contributed by atoms with Crippen molar-refractivity contribution in [3.63, 3.8) is 0 Å². The summed E-state index contributed by atoms with van der Waals surface area (Å²) in [5.41, 5.74) is 2.53. The summed E-state index contributed by atoms with van der Waals surface area (Å²) in [7, 11) is 2.02. The lowest BCUT2D eigenvalue weighted by Gasteiger charge is -2.25. The van der Waals surface area contributed by atoms with Gasteiger partial charge < -0.3 is 14.8 Å². The van der Waals surface area contributed by atoms with E-state index in [2.05, 4.69) is 37.4 Å². The smallest absolute Gasteiger partial charge is 0.124 e. The number of benzene rings is 1. The molecule has 1 fully saturated rings. The molecule has 0 radical (unpaired) electrons. The average Bonchev–Trinajstić information content (AvgIpc) is 2.80. The Labute approximate surface area is 116 Å². The van der Waals surface area contributed by atoms with E-state index < -0.39 is 0 Å². The molecule has 1 N–H and O–H groups in total. The third-order valence-electron chi connectivity index (χ3n) is 3.81. The summed E-state index contributed by atoms with van der Waals surface area (Å²) in [6.07, 6.45) is 1.46. The van der Waals surface area contributed by atoms with Gasteiger partial charge in [0.1, 0.15) is 5.75 Å². The van der Waals surface area contributed by atoms with Crippen LogP contribution in [0, 0.1) is 12.8 Å². The minimum absolute atomic E-state index is 0.298. The Bertz CT molecular complexity index is 419. The van der Waals surface area contributed by atoms with Crippen LogP contribution in [-0.4, -0.2) is 26.4 Å². The van der Waals surface area contributed by atoms with Gasteiger partial charge in [-0.2, -0.15) is 0 Å². The first-order chi connectivity index (χ1) is 9.15. The lowest BCUT2D eigenvalue weighted by atomic mass is 9.90. The zero-order chi connectivity index (χ0) is 13.8. The summed E-state index contributed by atoms with van der Waals surface area (Å²) in [4.78, 5) is 0. The summed E-state index contributed by atoms with van der Waals surface area (Å²) in [5, 5.41) is 3.45. The molecule has 19 heavy (non-hydrogen) atoms. The van der Waals surface area contributed by atoms with Crippen LogP contribution >= 0.6 is 0 Å². The van der Waals surface area contributed by atoms with Gasteiger partial charge in [-0.05, 0) is 40.3 Å². The van der Waals surface area contributed by atoms with E-state index in [1.807, 2.05) is 14.0 Å². The lowest BCUT2D eigenvalue weighted by molar-refractivity contribution is 0.117. The van der Waals surface area contributed by atoms with Crippen molar-refractivity contribution in [3.8, 4) is 5.75 Å². The molecule has 3 atom stereocenters. The van der Waals surface area contributed by atoms with Crippen molar-refractivity contribution >= 4 is 0 Å². The van der Waals surface area contributed by atoms with Gasteiger partial charge in [-0.25, -0.2) is 0 Å². The van der Waals surface area contributed by atoms with Gasteiger partial charge in [0, 0.05) is 17.5 Å². The number of hydrogen-bond acceptors (Lipinski definition) is 3. The van der Waals surface area contributed by atoms with E-state index in [9.17, 15) is 0 Å². The quantitative estimate of drug-likeness (QED) is 0.885. The Morgan fingerprint density at radius 2 is 2.26 bits per heavy atom. The molecule has 0 amide bonds. The summed E-state index contributed by atoms with van der Waals surface area (Å²) in [6, 6.07) is 6.72. The van der Waals surface area contributed by atoms with Crippen LogP contribution in [0.1, 0.15) is 37.4 Å². The van der Waals surface area contributed by atoms with E-state index in [1.54, 1.807) is 0 Å². The summed E-state index contributed by atoms with van der Waals surface area (Å²) in [6.45, 7) is 7.82. The Morgan fingerprint density at radius 1 is 1.47 bits per heavy atom. The van der Waals surface area contributed by atoms with Crippen LogP contribution in [-0.2, 0) is 4.74 Å². The molecule has 1 saturated heterocycles. The SMILES string of the molecule is CCOc1ccc(C)cc1C(NC)C1COC(C)C1. The van der Waals surface area contributed by atoms with Gasteiger partial charge in [-0.3, -0.25) is 0 Å². The van der Waals surface area contributed by atoms with Gasteiger partial charge in [0.15, 0.2) is 0 Å². The van der Waals surface area contributed by atoms with E-state index in [-0.39, 0.29) is 0 Å². The third-order valence-corrected chi connectivity index (χ3v) is 3.81. The molecule has 3 heteroatoms. The Morgan fingerprint density at radius 3 is 2.84 bits per heavy atom. The number of nitrogens with one attached hydrogen (secondary N) is 1. The summed E-state index contributed by atoms with van der Waals surface area (Å²) < 4.78 is 11.5. The molecule has 0 aromatic heterocycles. The number of ether oxygens (including phenoxy) is 2. The standard InChI is InChI=1S/C16H25NO2/c1-5-18-15-7-6-11(2)8-14(15)16(17-4)13-9-12(3)19-10-13/h6-8,12-13,16-17H,5,9-10H2,1-4H3. The van der Waals surface area contributed by atoms with E-state index in [0.717, 1.165) is 18.8 Å². The van der Waals surface area contributed by atoms with Crippen molar-refractivity contribution in [1.82, 2.24) is 5.32 Å². The highest BCUT2D eigenvalue weighted by molar-refractivity contribution is 5.39. The van der Waals surface area contributed by atoms with E-state index >= 15 is 0 Å². The van der Waals surface area contributed by atoms with Crippen molar-refractivity contribution < 1.29 is 9.47 Å². The first-order valence-corrected chi connectivity index (χ1v) is 7.18.